The Balaban J connectivity index is 0.000000469. The van der Waals surface area contributed by atoms with Gasteiger partial charge in [0.15, 0.2) is 5.97 Å². The Bertz CT molecular complexity index is 674. The fourth-order valence-corrected chi connectivity index (χ4v) is 4.72. The summed E-state index contributed by atoms with van der Waals surface area (Å²) in [5, 5.41) is 18.8. The van der Waals surface area contributed by atoms with Crippen LogP contribution in [0.15, 0.2) is 30.3 Å². The fraction of sp³-hybridized carbons (Fsp3) is 0.652. The monoisotopic (exact) mass is 421 g/mol. The summed E-state index contributed by atoms with van der Waals surface area (Å²) in [7, 11) is 0. The van der Waals surface area contributed by atoms with Gasteiger partial charge in [-0.05, 0) is 52.0 Å². The number of carbonyl (C=O) groups is 2. The number of hydrogen-bond acceptors (Lipinski definition) is 5. The van der Waals surface area contributed by atoms with E-state index in [4.69, 9.17) is 29.3 Å². The number of hydrogen-bond donors (Lipinski definition) is 2. The molecule has 3 unspecified atom stereocenters. The number of carbonyl (C=O) groups excluding carboxylic acids is 1. The van der Waals surface area contributed by atoms with Gasteiger partial charge in [0.25, 0.3) is 0 Å². The second-order valence-corrected chi connectivity index (χ2v) is 9.06. The van der Waals surface area contributed by atoms with Crippen LogP contribution in [0.2, 0.25) is 0 Å². The van der Waals surface area contributed by atoms with E-state index in [9.17, 15) is 0 Å². The van der Waals surface area contributed by atoms with Gasteiger partial charge in [-0.25, -0.2) is 4.79 Å². The lowest BCUT2D eigenvalue weighted by Gasteiger charge is -2.46. The summed E-state index contributed by atoms with van der Waals surface area (Å²) < 4.78 is 11.8. The van der Waals surface area contributed by atoms with Gasteiger partial charge in [-0.15, -0.1) is 0 Å². The molecule has 2 aliphatic rings. The van der Waals surface area contributed by atoms with Gasteiger partial charge in [-0.1, -0.05) is 30.3 Å². The normalized spacial score (nSPS) is 26.3. The third kappa shape index (κ3) is 7.38. The number of quaternary nitrogens is 1. The number of nitrogens with two attached hydrogens (primary N) is 1. The molecule has 1 aromatic rings. The lowest BCUT2D eigenvalue weighted by molar-refractivity contribution is -0.693. The molecule has 0 radical (unpaired) electrons. The zero-order chi connectivity index (χ0) is 22.2. The number of aliphatic carboxylic acids is 2. The molecule has 1 aromatic carbocycles. The first kappa shape index (κ1) is 24.3. The van der Waals surface area contributed by atoms with Crippen LogP contribution in [0.5, 0.6) is 0 Å². The molecule has 168 valence electrons. The van der Waals surface area contributed by atoms with Crippen LogP contribution in [0.4, 0.5) is 0 Å². The Morgan fingerprint density at radius 2 is 1.93 bits per heavy atom. The maximum Gasteiger partial charge on any atom is 0.351 e. The standard InChI is InChI=1S/C21H33NO2.C2H2O4/c1-17(22-15-19-10-7-12-23-19)14-21(18-8-5-4-6-9-18)11-13-24-20(2,3)16-21;3-1(4)2(5)6/h4-6,8-9,17,19,22H,7,10-16H2,1-3H3;(H,3,4)(H,5,6). The fourth-order valence-electron chi connectivity index (χ4n) is 4.72. The van der Waals surface area contributed by atoms with E-state index in [1.54, 1.807) is 0 Å². The lowest BCUT2D eigenvalue weighted by atomic mass is 9.66. The second-order valence-electron chi connectivity index (χ2n) is 9.06. The van der Waals surface area contributed by atoms with Crippen molar-refractivity contribution in [2.45, 2.75) is 76.0 Å². The van der Waals surface area contributed by atoms with Crippen LogP contribution in [0.1, 0.15) is 58.4 Å². The van der Waals surface area contributed by atoms with E-state index < -0.39 is 11.9 Å². The van der Waals surface area contributed by atoms with Crippen molar-refractivity contribution >= 4 is 11.9 Å². The molecule has 3 N–H and O–H groups in total. The molecule has 2 heterocycles. The minimum Gasteiger partial charge on any atom is -0.539 e. The predicted molar refractivity (Wildman–Crippen MR) is 110 cm³/mol. The van der Waals surface area contributed by atoms with Crippen molar-refractivity contribution in [1.29, 1.82) is 0 Å². The minimum absolute atomic E-state index is 0.0393. The van der Waals surface area contributed by atoms with Crippen molar-refractivity contribution in [3.8, 4) is 0 Å². The second kappa shape index (κ2) is 10.9. The summed E-state index contributed by atoms with van der Waals surface area (Å²) >= 11 is 0. The molecule has 2 saturated heterocycles. The van der Waals surface area contributed by atoms with E-state index in [1.165, 1.54) is 24.8 Å². The van der Waals surface area contributed by atoms with Gasteiger partial charge in [0.2, 0.25) is 0 Å². The van der Waals surface area contributed by atoms with Crippen molar-refractivity contribution < 1.29 is 34.6 Å². The lowest BCUT2D eigenvalue weighted by Crippen LogP contribution is -2.91. The summed E-state index contributed by atoms with van der Waals surface area (Å²) in [5.74, 6) is -4.01. The molecule has 0 saturated carbocycles. The van der Waals surface area contributed by atoms with Crippen LogP contribution in [0.25, 0.3) is 0 Å². The van der Waals surface area contributed by atoms with Crippen LogP contribution in [-0.4, -0.2) is 54.6 Å². The summed E-state index contributed by atoms with van der Waals surface area (Å²) in [4.78, 5) is 18.0. The smallest absolute Gasteiger partial charge is 0.351 e. The van der Waals surface area contributed by atoms with E-state index in [0.29, 0.717) is 12.1 Å². The van der Waals surface area contributed by atoms with E-state index in [0.717, 1.165) is 32.6 Å². The van der Waals surface area contributed by atoms with Crippen molar-refractivity contribution in [3.63, 3.8) is 0 Å². The molecule has 7 heteroatoms. The van der Waals surface area contributed by atoms with Crippen LogP contribution in [0.3, 0.4) is 0 Å². The largest absolute Gasteiger partial charge is 0.539 e. The minimum atomic E-state index is -2.07. The summed E-state index contributed by atoms with van der Waals surface area (Å²) in [6, 6.07) is 11.7. The zero-order valence-electron chi connectivity index (χ0n) is 18.3. The molecule has 0 bridgehead atoms. The molecule has 0 aliphatic carbocycles. The Labute approximate surface area is 178 Å². The summed E-state index contributed by atoms with van der Waals surface area (Å²) in [6.07, 6.45) is 6.35. The molecule has 2 fully saturated rings. The first-order valence-electron chi connectivity index (χ1n) is 10.7. The number of carboxylic acids is 2. The highest BCUT2D eigenvalue weighted by molar-refractivity contribution is 6.26. The number of rotatable bonds is 6. The third-order valence-corrected chi connectivity index (χ3v) is 5.94. The number of ether oxygens (including phenoxy) is 2. The van der Waals surface area contributed by atoms with Gasteiger partial charge in [0.1, 0.15) is 12.6 Å². The molecule has 0 spiro atoms. The predicted octanol–water partition coefficient (Wildman–Crippen LogP) is 0.855. The van der Waals surface area contributed by atoms with Crippen LogP contribution >= 0.6 is 0 Å². The van der Waals surface area contributed by atoms with E-state index in [1.807, 2.05) is 0 Å². The highest BCUT2D eigenvalue weighted by atomic mass is 16.5. The average Bonchev–Trinajstić information content (AvgIpc) is 3.20. The molecule has 3 atom stereocenters. The van der Waals surface area contributed by atoms with Crippen LogP contribution in [-0.2, 0) is 24.5 Å². The van der Waals surface area contributed by atoms with Crippen LogP contribution in [0, 0.1) is 0 Å². The highest BCUT2D eigenvalue weighted by Crippen LogP contribution is 2.44. The van der Waals surface area contributed by atoms with E-state index in [2.05, 4.69) is 56.4 Å². The SMILES string of the molecule is CC(CC1(c2ccccc2)CCOC(C)(C)C1)[NH2+]CC1CCCO1.O=C([O-])C(=O)O. The van der Waals surface area contributed by atoms with Crippen molar-refractivity contribution in [1.82, 2.24) is 0 Å². The quantitative estimate of drug-likeness (QED) is 0.659. The summed E-state index contributed by atoms with van der Waals surface area (Å²) in [5.41, 5.74) is 1.68. The molecular weight excluding hydrogens is 386 g/mol. The van der Waals surface area contributed by atoms with Gasteiger partial charge in [0.05, 0.1) is 11.6 Å². The maximum atomic E-state index is 9.04. The van der Waals surface area contributed by atoms with Crippen molar-refractivity contribution in [2.24, 2.45) is 0 Å². The first-order chi connectivity index (χ1) is 14.1. The number of benzene rings is 1. The Hall–Kier alpha value is -1.96. The van der Waals surface area contributed by atoms with Crippen molar-refractivity contribution in [3.05, 3.63) is 35.9 Å². The first-order valence-corrected chi connectivity index (χ1v) is 10.7. The van der Waals surface area contributed by atoms with E-state index >= 15 is 0 Å². The number of carboxylic acid groups (broad SMARTS) is 2. The molecule has 30 heavy (non-hydrogen) atoms. The molecule has 0 amide bonds. The van der Waals surface area contributed by atoms with Gasteiger partial charge in [-0.2, -0.15) is 0 Å². The Kier molecular flexibility index (Phi) is 8.82. The summed E-state index contributed by atoms with van der Waals surface area (Å²) in [6.45, 7) is 9.77. The van der Waals surface area contributed by atoms with Crippen LogP contribution < -0.4 is 10.4 Å². The van der Waals surface area contributed by atoms with E-state index in [-0.39, 0.29) is 11.0 Å². The van der Waals surface area contributed by atoms with Gasteiger partial charge in [-0.3, -0.25) is 0 Å². The molecule has 7 nitrogen and oxygen atoms in total. The zero-order valence-corrected chi connectivity index (χ0v) is 18.3. The Morgan fingerprint density at radius 3 is 2.47 bits per heavy atom. The highest BCUT2D eigenvalue weighted by Gasteiger charge is 2.43. The van der Waals surface area contributed by atoms with Gasteiger partial charge in [0, 0.05) is 25.0 Å². The average molecular weight is 422 g/mol. The molecule has 2 aliphatic heterocycles. The van der Waals surface area contributed by atoms with Gasteiger partial charge >= 0.3 is 5.97 Å². The molecule has 3 rings (SSSR count). The molecular formula is C23H35NO6. The molecule has 0 aromatic heterocycles. The topological polar surface area (TPSA) is 113 Å². The van der Waals surface area contributed by atoms with Crippen molar-refractivity contribution in [2.75, 3.05) is 19.8 Å². The van der Waals surface area contributed by atoms with Gasteiger partial charge < -0.3 is 29.8 Å². The third-order valence-electron chi connectivity index (χ3n) is 5.94. The Morgan fingerprint density at radius 1 is 1.27 bits per heavy atom. The maximum absolute atomic E-state index is 9.04.